The van der Waals surface area contributed by atoms with Gasteiger partial charge in [0.15, 0.2) is 0 Å². The highest BCUT2D eigenvalue weighted by atomic mass is 16.5. The fraction of sp³-hybridized carbons (Fsp3) is 0.778. The molecule has 3 atom stereocenters. The van der Waals surface area contributed by atoms with Gasteiger partial charge in [-0.15, -0.1) is 0 Å². The number of carbonyl (C=O) groups is 1. The Balaban J connectivity index is 1.59. The summed E-state index contributed by atoms with van der Waals surface area (Å²) in [4.78, 5) is 22.4. The van der Waals surface area contributed by atoms with Gasteiger partial charge in [0.1, 0.15) is 5.82 Å². The third kappa shape index (κ3) is 4.14. The molecule has 2 heterocycles. The second-order valence-electron chi connectivity index (χ2n) is 6.96. The number of carbonyl (C=O) groups excluding carboxylic acids is 1. The van der Waals surface area contributed by atoms with Gasteiger partial charge in [-0.3, -0.25) is 9.69 Å². The van der Waals surface area contributed by atoms with Crippen LogP contribution in [-0.2, 0) is 9.53 Å². The quantitative estimate of drug-likeness (QED) is 0.846. The monoisotopic (exact) mass is 319 g/mol. The van der Waals surface area contributed by atoms with Crippen molar-refractivity contribution in [3.8, 4) is 0 Å². The average Bonchev–Trinajstić information content (AvgIpc) is 3.10. The van der Waals surface area contributed by atoms with Crippen molar-refractivity contribution in [3.05, 3.63) is 18.2 Å². The second kappa shape index (κ2) is 7.95. The number of hydrogen-bond acceptors (Lipinski definition) is 4. The van der Waals surface area contributed by atoms with Crippen molar-refractivity contribution in [2.24, 2.45) is 11.8 Å². The molecule has 3 rings (SSSR count). The Bertz CT molecular complexity index is 488. The number of nitrogens with zero attached hydrogens (tertiary/aromatic N) is 2. The fourth-order valence-corrected chi connectivity index (χ4v) is 4.24. The van der Waals surface area contributed by atoms with Gasteiger partial charge in [0, 0.05) is 18.9 Å². The number of nitrogens with one attached hydrogen (secondary N) is 1. The summed E-state index contributed by atoms with van der Waals surface area (Å²) in [5, 5.41) is 0. The number of ether oxygens (including phenoxy) is 1. The van der Waals surface area contributed by atoms with Crippen molar-refractivity contribution in [3.63, 3.8) is 0 Å². The summed E-state index contributed by atoms with van der Waals surface area (Å²) in [5.41, 5.74) is 0. The number of H-pyrrole nitrogens is 1. The summed E-state index contributed by atoms with van der Waals surface area (Å²) in [7, 11) is 0. The van der Waals surface area contributed by atoms with Gasteiger partial charge in [0.25, 0.3) is 0 Å². The highest BCUT2D eigenvalue weighted by Gasteiger charge is 2.32. The molecule has 128 valence electrons. The van der Waals surface area contributed by atoms with Crippen LogP contribution >= 0.6 is 0 Å². The van der Waals surface area contributed by atoms with Crippen LogP contribution in [0.2, 0.25) is 0 Å². The number of hydrogen-bond donors (Lipinski definition) is 1. The molecule has 5 nitrogen and oxygen atoms in total. The standard InChI is InChI=1S/C18H29N3O2/c1-2-23-18(22)15-7-5-6-14(12-15)13-21-11-4-3-8-16(21)17-19-9-10-20-17/h9-10,14-16H,2-8,11-13H2,1H3,(H,19,20)/t14-,15-,16-/m1/s1. The summed E-state index contributed by atoms with van der Waals surface area (Å²) in [6.45, 7) is 4.61. The lowest BCUT2D eigenvalue weighted by Gasteiger charge is -2.38. The smallest absolute Gasteiger partial charge is 0.308 e. The van der Waals surface area contributed by atoms with Crippen molar-refractivity contribution in [1.29, 1.82) is 0 Å². The first-order valence-electron chi connectivity index (χ1n) is 9.18. The number of aromatic nitrogens is 2. The van der Waals surface area contributed by atoms with E-state index in [1.165, 1.54) is 25.7 Å². The van der Waals surface area contributed by atoms with Gasteiger partial charge < -0.3 is 9.72 Å². The number of imidazole rings is 1. The molecule has 2 fully saturated rings. The van der Waals surface area contributed by atoms with Crippen LogP contribution in [0.25, 0.3) is 0 Å². The minimum Gasteiger partial charge on any atom is -0.466 e. The van der Waals surface area contributed by atoms with Crippen LogP contribution in [0, 0.1) is 11.8 Å². The zero-order valence-electron chi connectivity index (χ0n) is 14.2. The highest BCUT2D eigenvalue weighted by Crippen LogP contribution is 2.35. The maximum atomic E-state index is 12.0. The maximum absolute atomic E-state index is 12.0. The van der Waals surface area contributed by atoms with E-state index in [-0.39, 0.29) is 11.9 Å². The molecule has 0 aromatic carbocycles. The van der Waals surface area contributed by atoms with E-state index in [1.807, 2.05) is 19.3 Å². The van der Waals surface area contributed by atoms with Crippen molar-refractivity contribution < 1.29 is 9.53 Å². The Labute approximate surface area is 138 Å². The first-order valence-corrected chi connectivity index (χ1v) is 9.18. The molecule has 1 aliphatic carbocycles. The molecule has 1 N–H and O–H groups in total. The number of esters is 1. The zero-order chi connectivity index (χ0) is 16.1. The number of rotatable bonds is 5. The van der Waals surface area contributed by atoms with E-state index in [9.17, 15) is 4.79 Å². The van der Waals surface area contributed by atoms with E-state index in [0.29, 0.717) is 18.6 Å². The van der Waals surface area contributed by atoms with E-state index in [4.69, 9.17) is 4.74 Å². The van der Waals surface area contributed by atoms with Crippen molar-refractivity contribution in [2.75, 3.05) is 19.7 Å². The summed E-state index contributed by atoms with van der Waals surface area (Å²) < 4.78 is 5.23. The molecule has 0 spiro atoms. The minimum atomic E-state index is 0.0124. The zero-order valence-corrected chi connectivity index (χ0v) is 14.2. The van der Waals surface area contributed by atoms with E-state index in [0.717, 1.165) is 38.2 Å². The molecule has 5 heteroatoms. The first kappa shape index (κ1) is 16.5. The van der Waals surface area contributed by atoms with Crippen LogP contribution in [0.4, 0.5) is 0 Å². The van der Waals surface area contributed by atoms with Crippen LogP contribution in [0.3, 0.4) is 0 Å². The lowest BCUT2D eigenvalue weighted by Crippen LogP contribution is -2.39. The molecular weight excluding hydrogens is 290 g/mol. The topological polar surface area (TPSA) is 58.2 Å². The van der Waals surface area contributed by atoms with Gasteiger partial charge in [-0.05, 0) is 51.5 Å². The summed E-state index contributed by atoms with van der Waals surface area (Å²) >= 11 is 0. The summed E-state index contributed by atoms with van der Waals surface area (Å²) in [6.07, 6.45) is 11.9. The molecule has 1 saturated carbocycles. The Hall–Kier alpha value is -1.36. The van der Waals surface area contributed by atoms with Crippen molar-refractivity contribution >= 4 is 5.97 Å². The second-order valence-corrected chi connectivity index (χ2v) is 6.96. The Kier molecular flexibility index (Phi) is 5.70. The van der Waals surface area contributed by atoms with Crippen LogP contribution in [-0.4, -0.2) is 40.5 Å². The lowest BCUT2D eigenvalue weighted by molar-refractivity contribution is -0.149. The van der Waals surface area contributed by atoms with Gasteiger partial charge in [0.2, 0.25) is 0 Å². The highest BCUT2D eigenvalue weighted by molar-refractivity contribution is 5.72. The molecule has 1 aromatic rings. The van der Waals surface area contributed by atoms with E-state index >= 15 is 0 Å². The number of piperidine rings is 1. The first-order chi connectivity index (χ1) is 11.3. The maximum Gasteiger partial charge on any atom is 0.308 e. The Morgan fingerprint density at radius 3 is 3.04 bits per heavy atom. The van der Waals surface area contributed by atoms with Gasteiger partial charge in [-0.25, -0.2) is 4.98 Å². The van der Waals surface area contributed by atoms with Crippen molar-refractivity contribution in [1.82, 2.24) is 14.9 Å². The minimum absolute atomic E-state index is 0.0124. The molecule has 0 unspecified atom stereocenters. The van der Waals surface area contributed by atoms with Gasteiger partial charge in [-0.2, -0.15) is 0 Å². The van der Waals surface area contributed by atoms with E-state index < -0.39 is 0 Å². The van der Waals surface area contributed by atoms with E-state index in [1.54, 1.807) is 0 Å². The largest absolute Gasteiger partial charge is 0.466 e. The van der Waals surface area contributed by atoms with Crippen LogP contribution in [0.1, 0.15) is 63.7 Å². The average molecular weight is 319 g/mol. The molecule has 1 saturated heterocycles. The summed E-state index contributed by atoms with van der Waals surface area (Å²) in [5.74, 6) is 1.83. The molecule has 1 aliphatic heterocycles. The van der Waals surface area contributed by atoms with Crippen molar-refractivity contribution in [2.45, 2.75) is 57.9 Å². The predicted octanol–water partition coefficient (Wildman–Crippen LogP) is 3.31. The van der Waals surface area contributed by atoms with Crippen LogP contribution in [0.5, 0.6) is 0 Å². The fourth-order valence-electron chi connectivity index (χ4n) is 4.24. The Morgan fingerprint density at radius 1 is 1.35 bits per heavy atom. The van der Waals surface area contributed by atoms with Crippen LogP contribution in [0.15, 0.2) is 12.4 Å². The molecule has 0 radical (unpaired) electrons. The molecule has 0 amide bonds. The molecule has 23 heavy (non-hydrogen) atoms. The third-order valence-electron chi connectivity index (χ3n) is 5.34. The number of aromatic amines is 1. The molecule has 1 aromatic heterocycles. The van der Waals surface area contributed by atoms with Crippen LogP contribution < -0.4 is 0 Å². The molecular formula is C18H29N3O2. The van der Waals surface area contributed by atoms with Gasteiger partial charge in [-0.1, -0.05) is 12.8 Å². The predicted molar refractivity (Wildman–Crippen MR) is 88.8 cm³/mol. The van der Waals surface area contributed by atoms with Gasteiger partial charge in [0.05, 0.1) is 18.6 Å². The number of likely N-dealkylation sites (tertiary alicyclic amines) is 1. The third-order valence-corrected chi connectivity index (χ3v) is 5.34. The Morgan fingerprint density at radius 2 is 2.26 bits per heavy atom. The molecule has 0 bridgehead atoms. The summed E-state index contributed by atoms with van der Waals surface area (Å²) in [6, 6.07) is 0.418. The molecule has 2 aliphatic rings. The van der Waals surface area contributed by atoms with Gasteiger partial charge >= 0.3 is 5.97 Å². The van der Waals surface area contributed by atoms with E-state index in [2.05, 4.69) is 14.9 Å². The lowest BCUT2D eigenvalue weighted by atomic mass is 9.80. The SMILES string of the molecule is CCOC(=O)[C@@H]1CCC[C@@H](CN2CCCC[C@@H]2c2ncc[nH]2)C1. The normalized spacial score (nSPS) is 29.3.